The first-order valence-electron chi connectivity index (χ1n) is 11.1. The van der Waals surface area contributed by atoms with Gasteiger partial charge in [-0.1, -0.05) is 26.8 Å². The molecule has 7 nitrogen and oxygen atoms in total. The molecular formula is C25H32N4O3. The molecule has 3 N–H and O–H groups in total. The van der Waals surface area contributed by atoms with Crippen molar-refractivity contribution in [2.24, 2.45) is 5.41 Å². The van der Waals surface area contributed by atoms with Gasteiger partial charge >= 0.3 is 0 Å². The molecule has 0 bridgehead atoms. The molecule has 170 valence electrons. The molecule has 0 aromatic heterocycles. The zero-order chi connectivity index (χ0) is 23.1. The van der Waals surface area contributed by atoms with Gasteiger partial charge in [0.05, 0.1) is 6.54 Å². The Balaban J connectivity index is 1.50. The molecule has 0 saturated carbocycles. The average molecular weight is 437 g/mol. The molecule has 1 heterocycles. The van der Waals surface area contributed by atoms with E-state index in [1.165, 1.54) is 6.42 Å². The Morgan fingerprint density at radius 1 is 0.844 bits per heavy atom. The minimum atomic E-state index is -0.503. The summed E-state index contributed by atoms with van der Waals surface area (Å²) in [5.41, 5.74) is 2.16. The van der Waals surface area contributed by atoms with Crippen molar-refractivity contribution >= 4 is 34.8 Å². The summed E-state index contributed by atoms with van der Waals surface area (Å²) in [6.07, 6.45) is 3.31. The maximum absolute atomic E-state index is 12.5. The second kappa shape index (κ2) is 10.3. The summed E-state index contributed by atoms with van der Waals surface area (Å²) in [5.74, 6) is -0.241. The smallest absolute Gasteiger partial charge is 0.253 e. The molecule has 2 aromatic rings. The van der Waals surface area contributed by atoms with Gasteiger partial charge in [0.1, 0.15) is 0 Å². The van der Waals surface area contributed by atoms with Gasteiger partial charge in [-0.05, 0) is 61.7 Å². The van der Waals surface area contributed by atoms with Crippen LogP contribution in [0.5, 0.6) is 0 Å². The fourth-order valence-electron chi connectivity index (χ4n) is 3.39. The van der Waals surface area contributed by atoms with Gasteiger partial charge in [-0.2, -0.15) is 0 Å². The van der Waals surface area contributed by atoms with E-state index in [0.717, 1.165) is 31.6 Å². The average Bonchev–Trinajstić information content (AvgIpc) is 2.78. The summed E-state index contributed by atoms with van der Waals surface area (Å²) in [6, 6.07) is 14.3. The van der Waals surface area contributed by atoms with Crippen LogP contribution in [0.15, 0.2) is 48.5 Å². The molecule has 3 amide bonds. The van der Waals surface area contributed by atoms with Crippen LogP contribution in [0.4, 0.5) is 17.1 Å². The van der Waals surface area contributed by atoms with Gasteiger partial charge in [0.25, 0.3) is 5.91 Å². The molecule has 0 atom stereocenters. The van der Waals surface area contributed by atoms with E-state index in [2.05, 4.69) is 16.0 Å². The molecule has 0 aliphatic carbocycles. The number of amides is 3. The number of benzene rings is 2. The first kappa shape index (κ1) is 23.3. The Bertz CT molecular complexity index is 958. The van der Waals surface area contributed by atoms with Crippen molar-refractivity contribution < 1.29 is 14.4 Å². The number of nitrogens with one attached hydrogen (secondary N) is 3. The molecule has 1 aliphatic heterocycles. The zero-order valence-corrected chi connectivity index (χ0v) is 19.0. The molecule has 1 saturated heterocycles. The summed E-state index contributed by atoms with van der Waals surface area (Å²) in [7, 11) is 0. The number of anilines is 3. The third kappa shape index (κ3) is 6.57. The van der Waals surface area contributed by atoms with Gasteiger partial charge in [0.2, 0.25) is 11.8 Å². The van der Waals surface area contributed by atoms with E-state index < -0.39 is 5.41 Å². The maximum Gasteiger partial charge on any atom is 0.253 e. The number of piperidine rings is 1. The lowest BCUT2D eigenvalue weighted by molar-refractivity contribution is -0.123. The summed E-state index contributed by atoms with van der Waals surface area (Å²) in [6.45, 7) is 7.25. The Labute approximate surface area is 189 Å². The van der Waals surface area contributed by atoms with Crippen molar-refractivity contribution in [2.45, 2.75) is 40.0 Å². The highest BCUT2D eigenvalue weighted by Gasteiger charge is 2.21. The molecule has 3 rings (SSSR count). The van der Waals surface area contributed by atoms with Crippen molar-refractivity contribution in [3.05, 3.63) is 54.1 Å². The van der Waals surface area contributed by atoms with Crippen molar-refractivity contribution in [1.82, 2.24) is 4.90 Å². The molecule has 0 radical (unpaired) electrons. The summed E-state index contributed by atoms with van der Waals surface area (Å²) < 4.78 is 0. The van der Waals surface area contributed by atoms with E-state index >= 15 is 0 Å². The van der Waals surface area contributed by atoms with Crippen LogP contribution in [0.2, 0.25) is 0 Å². The van der Waals surface area contributed by atoms with Gasteiger partial charge in [-0.15, -0.1) is 0 Å². The molecule has 1 fully saturated rings. The van der Waals surface area contributed by atoms with Crippen LogP contribution >= 0.6 is 0 Å². The largest absolute Gasteiger partial charge is 0.376 e. The topological polar surface area (TPSA) is 90.5 Å². The standard InChI is InChI=1S/C25H32N4O3/c1-25(2,3)24(32)28-21-9-7-8-20(16-21)27-22(30)17-26-19-12-10-18(11-13-19)23(31)29-14-5-4-6-15-29/h7-13,16,26H,4-6,14-15,17H2,1-3H3,(H,27,30)(H,28,32). The molecule has 0 unspecified atom stereocenters. The zero-order valence-electron chi connectivity index (χ0n) is 19.0. The lowest BCUT2D eigenvalue weighted by Gasteiger charge is -2.26. The summed E-state index contributed by atoms with van der Waals surface area (Å²) >= 11 is 0. The number of likely N-dealkylation sites (tertiary alicyclic amines) is 1. The van der Waals surface area contributed by atoms with E-state index in [1.54, 1.807) is 36.4 Å². The minimum absolute atomic E-state index is 0.0624. The number of nitrogens with zero attached hydrogens (tertiary/aromatic N) is 1. The number of carbonyl (C=O) groups excluding carboxylic acids is 3. The minimum Gasteiger partial charge on any atom is -0.376 e. The quantitative estimate of drug-likeness (QED) is 0.628. The Hall–Kier alpha value is -3.35. The van der Waals surface area contributed by atoms with Gasteiger partial charge in [-0.25, -0.2) is 0 Å². The van der Waals surface area contributed by atoms with E-state index in [4.69, 9.17) is 0 Å². The predicted octanol–water partition coefficient (Wildman–Crippen LogP) is 4.35. The van der Waals surface area contributed by atoms with Crippen LogP contribution < -0.4 is 16.0 Å². The van der Waals surface area contributed by atoms with Crippen LogP contribution in [0.25, 0.3) is 0 Å². The van der Waals surface area contributed by atoms with Crippen LogP contribution in [0, 0.1) is 5.41 Å². The third-order valence-electron chi connectivity index (χ3n) is 5.31. The van der Waals surface area contributed by atoms with Crippen molar-refractivity contribution in [3.8, 4) is 0 Å². The van der Waals surface area contributed by atoms with E-state index in [1.807, 2.05) is 37.8 Å². The fraction of sp³-hybridized carbons (Fsp3) is 0.400. The molecule has 1 aliphatic rings. The first-order chi connectivity index (χ1) is 15.2. The molecule has 0 spiro atoms. The van der Waals surface area contributed by atoms with Gasteiger partial charge in [0, 0.05) is 41.1 Å². The second-order valence-corrected chi connectivity index (χ2v) is 9.12. The second-order valence-electron chi connectivity index (χ2n) is 9.12. The number of hydrogen-bond donors (Lipinski definition) is 3. The molecular weight excluding hydrogens is 404 g/mol. The van der Waals surface area contributed by atoms with Crippen molar-refractivity contribution in [3.63, 3.8) is 0 Å². The number of rotatable bonds is 6. The summed E-state index contributed by atoms with van der Waals surface area (Å²) in [4.78, 5) is 38.9. The molecule has 2 aromatic carbocycles. The highest BCUT2D eigenvalue weighted by molar-refractivity contribution is 5.97. The Morgan fingerprint density at radius 3 is 2.09 bits per heavy atom. The van der Waals surface area contributed by atoms with Gasteiger partial charge in [0.15, 0.2) is 0 Å². The van der Waals surface area contributed by atoms with Crippen LogP contribution in [0.3, 0.4) is 0 Å². The number of carbonyl (C=O) groups is 3. The maximum atomic E-state index is 12.5. The van der Waals surface area contributed by atoms with E-state index in [-0.39, 0.29) is 24.3 Å². The van der Waals surface area contributed by atoms with E-state index in [9.17, 15) is 14.4 Å². The lowest BCUT2D eigenvalue weighted by Crippen LogP contribution is -2.35. The fourth-order valence-corrected chi connectivity index (χ4v) is 3.39. The van der Waals surface area contributed by atoms with Crippen molar-refractivity contribution in [1.29, 1.82) is 0 Å². The molecule has 32 heavy (non-hydrogen) atoms. The predicted molar refractivity (Wildman–Crippen MR) is 128 cm³/mol. The van der Waals surface area contributed by atoms with E-state index in [0.29, 0.717) is 16.9 Å². The normalized spacial score (nSPS) is 13.9. The third-order valence-corrected chi connectivity index (χ3v) is 5.31. The Kier molecular flexibility index (Phi) is 7.51. The van der Waals surface area contributed by atoms with Crippen LogP contribution in [0.1, 0.15) is 50.4 Å². The van der Waals surface area contributed by atoms with Gasteiger partial charge < -0.3 is 20.9 Å². The van der Waals surface area contributed by atoms with Crippen LogP contribution in [-0.4, -0.2) is 42.3 Å². The van der Waals surface area contributed by atoms with Crippen molar-refractivity contribution in [2.75, 3.05) is 35.6 Å². The number of hydrogen-bond acceptors (Lipinski definition) is 4. The van der Waals surface area contributed by atoms with Gasteiger partial charge in [-0.3, -0.25) is 14.4 Å². The highest BCUT2D eigenvalue weighted by Crippen LogP contribution is 2.20. The lowest BCUT2D eigenvalue weighted by atomic mass is 9.95. The Morgan fingerprint density at radius 2 is 1.47 bits per heavy atom. The first-order valence-corrected chi connectivity index (χ1v) is 11.1. The SMILES string of the molecule is CC(C)(C)C(=O)Nc1cccc(NC(=O)CNc2ccc(C(=O)N3CCCCC3)cc2)c1. The monoisotopic (exact) mass is 436 g/mol. The molecule has 7 heteroatoms. The highest BCUT2D eigenvalue weighted by atomic mass is 16.2. The van der Waals surface area contributed by atoms with Crippen LogP contribution in [-0.2, 0) is 9.59 Å². The summed E-state index contributed by atoms with van der Waals surface area (Å²) in [5, 5.41) is 8.75.